The summed E-state index contributed by atoms with van der Waals surface area (Å²) < 4.78 is 9.75. The van der Waals surface area contributed by atoms with Crippen molar-refractivity contribution in [2.75, 3.05) is 13.7 Å². The van der Waals surface area contributed by atoms with Crippen LogP contribution in [0.2, 0.25) is 0 Å². The molecule has 0 aromatic carbocycles. The van der Waals surface area contributed by atoms with E-state index in [1.807, 2.05) is 0 Å². The summed E-state index contributed by atoms with van der Waals surface area (Å²) in [7, 11) is 1.19. The van der Waals surface area contributed by atoms with Gasteiger partial charge in [0.2, 0.25) is 23.6 Å². The summed E-state index contributed by atoms with van der Waals surface area (Å²) in [6.07, 6.45) is 1.06. The van der Waals surface area contributed by atoms with E-state index in [-0.39, 0.29) is 38.2 Å². The van der Waals surface area contributed by atoms with E-state index in [1.54, 1.807) is 31.7 Å². The van der Waals surface area contributed by atoms with Gasteiger partial charge in [-0.15, -0.1) is 11.3 Å². The monoisotopic (exact) mass is 625 g/mol. The van der Waals surface area contributed by atoms with Gasteiger partial charge in [-0.2, -0.15) is 0 Å². The van der Waals surface area contributed by atoms with E-state index in [0.717, 1.165) is 0 Å². The molecule has 3 atom stereocenters. The maximum atomic E-state index is 13.1. The number of unbranched alkanes of at least 4 members (excludes halogenated alkanes) is 1. The summed E-state index contributed by atoms with van der Waals surface area (Å²) in [5.74, 6) is -3.30. The average Bonchev–Trinajstić information content (AvgIpc) is 3.51. The fraction of sp³-hybridized carbons (Fsp3) is 0.679. The average molecular weight is 626 g/mol. The van der Waals surface area contributed by atoms with Gasteiger partial charge >= 0.3 is 11.9 Å². The van der Waals surface area contributed by atoms with E-state index >= 15 is 0 Å². The number of thiazole rings is 1. The van der Waals surface area contributed by atoms with Crippen molar-refractivity contribution in [2.45, 2.75) is 108 Å². The Morgan fingerprint density at radius 2 is 1.77 bits per heavy atom. The first-order valence-corrected chi connectivity index (χ1v) is 15.1. The number of amides is 4. The number of nitrogens with one attached hydrogen (secondary N) is 4. The van der Waals surface area contributed by atoms with Crippen molar-refractivity contribution in [3.8, 4) is 0 Å². The van der Waals surface area contributed by atoms with Crippen LogP contribution in [0.4, 0.5) is 0 Å². The lowest BCUT2D eigenvalue weighted by Gasteiger charge is -2.23. The number of carbonyl (C=O) groups is 6. The van der Waals surface area contributed by atoms with E-state index in [9.17, 15) is 33.9 Å². The molecule has 1 aliphatic rings. The lowest BCUT2D eigenvalue weighted by Crippen LogP contribution is -2.57. The summed E-state index contributed by atoms with van der Waals surface area (Å²) in [5.41, 5.74) is 0.412. The van der Waals surface area contributed by atoms with Crippen molar-refractivity contribution in [1.29, 1.82) is 0 Å². The minimum Gasteiger partial charge on any atom is -0.468 e. The maximum absolute atomic E-state index is 13.1. The van der Waals surface area contributed by atoms with Crippen molar-refractivity contribution in [1.82, 2.24) is 26.3 Å². The number of hydrogen-bond acceptors (Lipinski definition) is 11. The minimum atomic E-state index is -1.17. The van der Waals surface area contributed by atoms with Crippen LogP contribution in [0.15, 0.2) is 10.9 Å². The molecule has 0 radical (unpaired) electrons. The highest BCUT2D eigenvalue weighted by Gasteiger charge is 2.51. The van der Waals surface area contributed by atoms with Gasteiger partial charge in [-0.05, 0) is 53.4 Å². The van der Waals surface area contributed by atoms with Crippen LogP contribution in [-0.2, 0) is 44.7 Å². The summed E-state index contributed by atoms with van der Waals surface area (Å²) in [6.45, 7) is 6.46. The number of ether oxygens (including phenoxy) is 2. The van der Waals surface area contributed by atoms with E-state index in [0.29, 0.717) is 31.4 Å². The van der Waals surface area contributed by atoms with E-state index in [2.05, 4.69) is 31.0 Å². The molecule has 0 bridgehead atoms. The molecule has 0 unspecified atom stereocenters. The second kappa shape index (κ2) is 16.3. The number of methoxy groups -OCH3 is 1. The Morgan fingerprint density at radius 3 is 2.35 bits per heavy atom. The molecule has 0 saturated heterocycles. The lowest BCUT2D eigenvalue weighted by molar-refractivity contribution is -0.155. The predicted molar refractivity (Wildman–Crippen MR) is 155 cm³/mol. The first-order chi connectivity index (χ1) is 20.1. The molecule has 1 heterocycles. The molecule has 5 N–H and O–H groups in total. The third-order valence-electron chi connectivity index (χ3n) is 6.48. The molecule has 1 fully saturated rings. The summed E-state index contributed by atoms with van der Waals surface area (Å²) in [5, 5.41) is 22.3. The standard InChI is InChI=1S/C28H43N5O9S/c1-17(24(38)33-28(10-11-28)26(40)29-14-23(37)41-5)31-25(39)20(12-18-15-43-16-30-18)32-21(35)13-19(34)8-6-7-9-22(36)42-27(2,3)4/h15-17,19-20,34H,6-14H2,1-5H3,(H,29,40)(H,31,39)(H,32,35)(H,33,38)/t17-,19-,20-/m1/s1. The van der Waals surface area contributed by atoms with Crippen molar-refractivity contribution >= 4 is 46.9 Å². The molecule has 0 aliphatic heterocycles. The lowest BCUT2D eigenvalue weighted by atomic mass is 10.1. The fourth-order valence-electron chi connectivity index (χ4n) is 4.02. The van der Waals surface area contributed by atoms with Gasteiger partial charge in [0.1, 0.15) is 29.8 Å². The predicted octanol–water partition coefficient (Wildman–Crippen LogP) is 0.266. The molecule has 43 heavy (non-hydrogen) atoms. The third-order valence-corrected chi connectivity index (χ3v) is 7.11. The second-order valence-electron chi connectivity index (χ2n) is 11.6. The molecule has 2 rings (SSSR count). The molecule has 1 aliphatic carbocycles. The van der Waals surface area contributed by atoms with Gasteiger partial charge in [0.15, 0.2) is 0 Å². The van der Waals surface area contributed by atoms with Crippen molar-refractivity contribution in [3.63, 3.8) is 0 Å². The zero-order chi connectivity index (χ0) is 32.2. The van der Waals surface area contributed by atoms with Gasteiger partial charge in [-0.3, -0.25) is 28.8 Å². The normalized spacial score (nSPS) is 15.7. The highest BCUT2D eigenvalue weighted by atomic mass is 32.1. The van der Waals surface area contributed by atoms with Gasteiger partial charge in [-0.1, -0.05) is 6.42 Å². The van der Waals surface area contributed by atoms with Crippen LogP contribution in [0.1, 0.15) is 78.3 Å². The molecule has 4 amide bonds. The largest absolute Gasteiger partial charge is 0.468 e. The zero-order valence-electron chi connectivity index (χ0n) is 25.3. The van der Waals surface area contributed by atoms with Crippen LogP contribution in [0, 0.1) is 0 Å². The Kier molecular flexibility index (Phi) is 13.5. The van der Waals surface area contributed by atoms with E-state index in [1.165, 1.54) is 25.4 Å². The molecule has 1 saturated carbocycles. The van der Waals surface area contributed by atoms with Gasteiger partial charge in [0, 0.05) is 18.2 Å². The van der Waals surface area contributed by atoms with Gasteiger partial charge in [0.05, 0.1) is 30.8 Å². The van der Waals surface area contributed by atoms with Crippen LogP contribution in [-0.4, -0.2) is 88.6 Å². The summed E-state index contributed by atoms with van der Waals surface area (Å²) >= 11 is 1.32. The van der Waals surface area contributed by atoms with Crippen LogP contribution in [0.3, 0.4) is 0 Å². The van der Waals surface area contributed by atoms with Crippen molar-refractivity contribution < 1.29 is 43.3 Å². The van der Waals surface area contributed by atoms with Gasteiger partial charge in [0.25, 0.3) is 0 Å². The highest BCUT2D eigenvalue weighted by Crippen LogP contribution is 2.35. The van der Waals surface area contributed by atoms with Crippen LogP contribution in [0.25, 0.3) is 0 Å². The number of aliphatic hydroxyl groups excluding tert-OH is 1. The Bertz CT molecular complexity index is 1130. The molecule has 240 valence electrons. The molecule has 0 spiro atoms. The van der Waals surface area contributed by atoms with Crippen LogP contribution < -0.4 is 21.3 Å². The van der Waals surface area contributed by atoms with Crippen molar-refractivity contribution in [3.05, 3.63) is 16.6 Å². The number of nitrogens with zero attached hydrogens (tertiary/aromatic N) is 1. The number of rotatable bonds is 17. The van der Waals surface area contributed by atoms with Crippen molar-refractivity contribution in [2.24, 2.45) is 0 Å². The SMILES string of the molecule is COC(=O)CNC(=O)C1(NC(=O)[C@@H](C)NC(=O)[C@@H](Cc2cscn2)NC(=O)C[C@H](O)CCCCC(=O)OC(C)(C)C)CC1. The molecule has 1 aromatic heterocycles. The first kappa shape index (κ1) is 35.6. The molecule has 14 nitrogen and oxygen atoms in total. The second-order valence-corrected chi connectivity index (χ2v) is 12.3. The minimum absolute atomic E-state index is 0.0568. The third kappa shape index (κ3) is 13.1. The Balaban J connectivity index is 1.87. The first-order valence-electron chi connectivity index (χ1n) is 14.2. The molecule has 1 aromatic rings. The van der Waals surface area contributed by atoms with Crippen LogP contribution >= 0.6 is 11.3 Å². The quantitative estimate of drug-likeness (QED) is 0.118. The number of hydrogen-bond donors (Lipinski definition) is 5. The number of aliphatic hydroxyl groups is 1. The Hall–Kier alpha value is -3.59. The molecular weight excluding hydrogens is 582 g/mol. The summed E-state index contributed by atoms with van der Waals surface area (Å²) in [6, 6.07) is -2.13. The van der Waals surface area contributed by atoms with Gasteiger partial charge < -0.3 is 35.8 Å². The number of aromatic nitrogens is 1. The number of carbonyl (C=O) groups excluding carboxylic acids is 6. The van der Waals surface area contributed by atoms with E-state index < -0.39 is 58.9 Å². The highest BCUT2D eigenvalue weighted by molar-refractivity contribution is 7.07. The zero-order valence-corrected chi connectivity index (χ0v) is 26.1. The Labute approximate surface area is 255 Å². The van der Waals surface area contributed by atoms with Crippen LogP contribution in [0.5, 0.6) is 0 Å². The topological polar surface area (TPSA) is 202 Å². The smallest absolute Gasteiger partial charge is 0.325 e. The molecular formula is C28H43N5O9S. The van der Waals surface area contributed by atoms with E-state index in [4.69, 9.17) is 4.74 Å². The number of esters is 2. The Morgan fingerprint density at radius 1 is 1.07 bits per heavy atom. The fourth-order valence-corrected chi connectivity index (χ4v) is 4.59. The summed E-state index contributed by atoms with van der Waals surface area (Å²) in [4.78, 5) is 78.4. The maximum Gasteiger partial charge on any atom is 0.325 e. The van der Waals surface area contributed by atoms with Gasteiger partial charge in [-0.25, -0.2) is 4.98 Å². The molecule has 15 heteroatoms.